The molecule has 0 aliphatic carbocycles. The van der Waals surface area contributed by atoms with E-state index in [4.69, 9.17) is 9.47 Å². The summed E-state index contributed by atoms with van der Waals surface area (Å²) in [6.07, 6.45) is 0. The Bertz CT molecular complexity index is 2900. The van der Waals surface area contributed by atoms with Crippen LogP contribution in [0.4, 0.5) is 0 Å². The van der Waals surface area contributed by atoms with E-state index in [0.717, 1.165) is 44.9 Å². The highest BCUT2D eigenvalue weighted by Crippen LogP contribution is 2.53. The lowest BCUT2D eigenvalue weighted by atomic mass is 9.81. The standard InChI is InChI=1S/C47H28O2/c1-27-20-21-38-39(26-27)45(37-24-25-43-46-30(14-8-15-33(37)46)28-10-4-6-17-40(28)49-43)32-13-3-2-12-31(32)44(38)36-23-22-35-29-11-5-7-18-41(29)48-42-19-9-16-34(36)47(35)42/h2-26H,1H3. The number of aryl methyl sites for hydroxylation is 1. The molecule has 2 nitrogen and oxygen atoms in total. The molecule has 0 bridgehead atoms. The summed E-state index contributed by atoms with van der Waals surface area (Å²) in [6.45, 7) is 2.19. The third kappa shape index (κ3) is 3.66. The lowest BCUT2D eigenvalue weighted by Gasteiger charge is -2.25. The Morgan fingerprint density at radius 2 is 0.755 bits per heavy atom. The number of benzene rings is 9. The van der Waals surface area contributed by atoms with Gasteiger partial charge in [0.2, 0.25) is 0 Å². The highest BCUT2D eigenvalue weighted by Gasteiger charge is 2.26. The van der Waals surface area contributed by atoms with E-state index in [0.29, 0.717) is 0 Å². The predicted octanol–water partition coefficient (Wildman–Crippen LogP) is 13.5. The fraction of sp³-hybridized carbons (Fsp3) is 0.0213. The molecule has 49 heavy (non-hydrogen) atoms. The second-order valence-electron chi connectivity index (χ2n) is 13.2. The van der Waals surface area contributed by atoms with Gasteiger partial charge < -0.3 is 9.47 Å². The molecule has 0 N–H and O–H groups in total. The van der Waals surface area contributed by atoms with Crippen molar-refractivity contribution in [1.82, 2.24) is 0 Å². The van der Waals surface area contributed by atoms with Crippen LogP contribution in [-0.2, 0) is 0 Å². The molecule has 2 heteroatoms. The van der Waals surface area contributed by atoms with Crippen LogP contribution in [0.15, 0.2) is 152 Å². The van der Waals surface area contributed by atoms with E-state index in [9.17, 15) is 0 Å². The van der Waals surface area contributed by atoms with E-state index in [-0.39, 0.29) is 0 Å². The smallest absolute Gasteiger partial charge is 0.135 e. The summed E-state index contributed by atoms with van der Waals surface area (Å²) in [5.41, 5.74) is 10.8. The summed E-state index contributed by atoms with van der Waals surface area (Å²) in [7, 11) is 0. The van der Waals surface area contributed by atoms with Crippen LogP contribution in [0.3, 0.4) is 0 Å². The lowest BCUT2D eigenvalue weighted by molar-refractivity contribution is 0.487. The number of rotatable bonds is 2. The Kier molecular flexibility index (Phi) is 5.34. The molecule has 228 valence electrons. The van der Waals surface area contributed by atoms with E-state index in [2.05, 4.69) is 146 Å². The van der Waals surface area contributed by atoms with Crippen molar-refractivity contribution < 1.29 is 9.47 Å². The van der Waals surface area contributed by atoms with Gasteiger partial charge in [-0.3, -0.25) is 0 Å². The minimum absolute atomic E-state index is 0.904. The SMILES string of the molecule is Cc1ccc2c(-c3ccc4c5c(cccc35)Oc3ccccc3-4)c3ccccc3c(-c3ccc4c5c(cccc35)-c3ccccc3O4)c2c1. The van der Waals surface area contributed by atoms with Crippen LogP contribution < -0.4 is 9.47 Å². The van der Waals surface area contributed by atoms with Crippen LogP contribution >= 0.6 is 0 Å². The van der Waals surface area contributed by atoms with Crippen molar-refractivity contribution in [2.24, 2.45) is 0 Å². The highest BCUT2D eigenvalue weighted by atomic mass is 16.5. The van der Waals surface area contributed by atoms with Crippen LogP contribution in [-0.4, -0.2) is 0 Å². The summed E-state index contributed by atoms with van der Waals surface area (Å²) in [5.74, 6) is 3.62. The largest absolute Gasteiger partial charge is 0.456 e. The molecule has 0 radical (unpaired) electrons. The predicted molar refractivity (Wildman–Crippen MR) is 203 cm³/mol. The zero-order chi connectivity index (χ0) is 32.2. The van der Waals surface area contributed by atoms with E-state index >= 15 is 0 Å². The van der Waals surface area contributed by atoms with Gasteiger partial charge in [0.25, 0.3) is 0 Å². The van der Waals surface area contributed by atoms with Gasteiger partial charge in [-0.05, 0) is 103 Å². The maximum absolute atomic E-state index is 6.50. The van der Waals surface area contributed by atoms with E-state index < -0.39 is 0 Å². The van der Waals surface area contributed by atoms with Crippen molar-refractivity contribution in [1.29, 1.82) is 0 Å². The van der Waals surface area contributed by atoms with Crippen LogP contribution in [0.25, 0.3) is 87.6 Å². The monoisotopic (exact) mass is 624 g/mol. The van der Waals surface area contributed by atoms with E-state index in [1.54, 1.807) is 0 Å². The third-order valence-corrected chi connectivity index (χ3v) is 10.5. The topological polar surface area (TPSA) is 18.5 Å². The normalized spacial score (nSPS) is 12.5. The molecule has 0 unspecified atom stereocenters. The minimum atomic E-state index is 0.904. The highest BCUT2D eigenvalue weighted by molar-refractivity contribution is 6.27. The molecular weight excluding hydrogens is 597 g/mol. The average Bonchev–Trinajstić information content (AvgIpc) is 3.15. The Morgan fingerprint density at radius 3 is 1.45 bits per heavy atom. The summed E-state index contributed by atoms with van der Waals surface area (Å²) >= 11 is 0. The fourth-order valence-corrected chi connectivity index (χ4v) is 8.47. The van der Waals surface area contributed by atoms with Crippen molar-refractivity contribution in [2.75, 3.05) is 0 Å². The maximum atomic E-state index is 6.50. The van der Waals surface area contributed by atoms with Crippen molar-refractivity contribution in [3.8, 4) is 67.5 Å². The van der Waals surface area contributed by atoms with Crippen molar-refractivity contribution >= 4 is 43.1 Å². The number of para-hydroxylation sites is 2. The van der Waals surface area contributed by atoms with E-state index in [1.165, 1.54) is 71.3 Å². The van der Waals surface area contributed by atoms with Gasteiger partial charge in [-0.1, -0.05) is 127 Å². The Morgan fingerprint density at radius 1 is 0.306 bits per heavy atom. The number of hydrogen-bond acceptors (Lipinski definition) is 2. The molecule has 2 aliphatic rings. The third-order valence-electron chi connectivity index (χ3n) is 10.5. The summed E-state index contributed by atoms with van der Waals surface area (Å²) in [6, 6.07) is 54.7. The Hall–Kier alpha value is -6.38. The summed E-state index contributed by atoms with van der Waals surface area (Å²) in [4.78, 5) is 0. The van der Waals surface area contributed by atoms with Gasteiger partial charge >= 0.3 is 0 Å². The molecule has 0 saturated heterocycles. The van der Waals surface area contributed by atoms with Gasteiger partial charge in [0.05, 0.1) is 0 Å². The second-order valence-corrected chi connectivity index (χ2v) is 13.2. The van der Waals surface area contributed by atoms with Crippen LogP contribution in [0.5, 0.6) is 23.0 Å². The zero-order valence-corrected chi connectivity index (χ0v) is 26.8. The molecule has 0 saturated carbocycles. The molecule has 0 fully saturated rings. The van der Waals surface area contributed by atoms with E-state index in [1.807, 2.05) is 12.1 Å². The first-order chi connectivity index (χ1) is 24.2. The maximum Gasteiger partial charge on any atom is 0.135 e. The molecular formula is C47H28O2. The van der Waals surface area contributed by atoms with Crippen molar-refractivity contribution in [2.45, 2.75) is 6.92 Å². The quantitative estimate of drug-likeness (QED) is 0.178. The first kappa shape index (κ1) is 26.7. The molecule has 9 aromatic carbocycles. The zero-order valence-electron chi connectivity index (χ0n) is 26.8. The molecule has 0 atom stereocenters. The summed E-state index contributed by atoms with van der Waals surface area (Å²) < 4.78 is 13.0. The van der Waals surface area contributed by atoms with Crippen molar-refractivity contribution in [3.63, 3.8) is 0 Å². The number of ether oxygens (including phenoxy) is 2. The van der Waals surface area contributed by atoms with Gasteiger partial charge in [-0.25, -0.2) is 0 Å². The van der Waals surface area contributed by atoms with Gasteiger partial charge in [-0.15, -0.1) is 0 Å². The molecule has 0 spiro atoms. The lowest BCUT2D eigenvalue weighted by Crippen LogP contribution is -1.99. The minimum Gasteiger partial charge on any atom is -0.456 e. The summed E-state index contributed by atoms with van der Waals surface area (Å²) in [5, 5.41) is 9.66. The van der Waals surface area contributed by atoms with Gasteiger partial charge in [0.15, 0.2) is 0 Å². The average molecular weight is 625 g/mol. The van der Waals surface area contributed by atoms with Crippen LogP contribution in [0.1, 0.15) is 5.56 Å². The Labute approximate surface area is 283 Å². The fourth-order valence-electron chi connectivity index (χ4n) is 8.47. The molecule has 11 rings (SSSR count). The van der Waals surface area contributed by atoms with Gasteiger partial charge in [0, 0.05) is 21.9 Å². The molecule has 2 aliphatic heterocycles. The molecule has 0 amide bonds. The Balaban J connectivity index is 1.25. The molecule has 2 heterocycles. The molecule has 9 aromatic rings. The number of hydrogen-bond donors (Lipinski definition) is 0. The second kappa shape index (κ2) is 9.82. The first-order valence-electron chi connectivity index (χ1n) is 16.8. The van der Waals surface area contributed by atoms with Crippen LogP contribution in [0.2, 0.25) is 0 Å². The van der Waals surface area contributed by atoms with Crippen molar-refractivity contribution in [3.05, 3.63) is 157 Å². The van der Waals surface area contributed by atoms with Gasteiger partial charge in [-0.2, -0.15) is 0 Å². The molecule has 0 aromatic heterocycles. The van der Waals surface area contributed by atoms with Gasteiger partial charge in [0.1, 0.15) is 23.0 Å². The first-order valence-corrected chi connectivity index (χ1v) is 16.8. The number of fused-ring (bicyclic) bond motifs is 6. The van der Waals surface area contributed by atoms with Crippen LogP contribution in [0, 0.1) is 6.92 Å².